The number of urea groups is 1. The molecule has 9 heteroatoms. The number of ketones is 1. The van der Waals surface area contributed by atoms with E-state index in [4.69, 9.17) is 5.10 Å². The van der Waals surface area contributed by atoms with E-state index in [-0.39, 0.29) is 29.1 Å². The quantitative estimate of drug-likeness (QED) is 0.173. The van der Waals surface area contributed by atoms with Gasteiger partial charge >= 0.3 is 6.03 Å². The molecule has 0 radical (unpaired) electrons. The van der Waals surface area contributed by atoms with E-state index in [1.54, 1.807) is 4.68 Å². The number of carbonyl (C=O) groups excluding carboxylic acids is 2. The Kier molecular flexibility index (Phi) is 8.29. The van der Waals surface area contributed by atoms with Crippen molar-refractivity contribution in [2.24, 2.45) is 5.92 Å². The molecular weight excluding hydrogens is 562 g/mol. The topological polar surface area (TPSA) is 105 Å². The summed E-state index contributed by atoms with van der Waals surface area (Å²) in [5, 5.41) is 14.2. The molecule has 1 aliphatic rings. The van der Waals surface area contributed by atoms with Crippen LogP contribution in [0.4, 0.5) is 16.3 Å². The summed E-state index contributed by atoms with van der Waals surface area (Å²) in [6.45, 7) is 12.0. The predicted octanol–water partition coefficient (Wildman–Crippen LogP) is 7.04. The maximum absolute atomic E-state index is 14.3. The molecule has 45 heavy (non-hydrogen) atoms. The first-order valence-electron chi connectivity index (χ1n) is 15.6. The monoisotopic (exact) mass is 603 g/mol. The van der Waals surface area contributed by atoms with Crippen molar-refractivity contribution < 1.29 is 9.59 Å². The van der Waals surface area contributed by atoms with Crippen molar-refractivity contribution in [1.82, 2.24) is 24.5 Å². The number of amides is 2. The lowest BCUT2D eigenvalue weighted by Gasteiger charge is -2.30. The number of nitrogens with zero attached hydrogens (tertiary/aromatic N) is 4. The van der Waals surface area contributed by atoms with Gasteiger partial charge < -0.3 is 10.6 Å². The van der Waals surface area contributed by atoms with Gasteiger partial charge in [-0.3, -0.25) is 14.5 Å². The van der Waals surface area contributed by atoms with Crippen LogP contribution in [0.25, 0.3) is 11.3 Å². The number of Topliss-reactive ketones (excluding diaryl/α,β-unsaturated/α-hetero) is 1. The Morgan fingerprint density at radius 3 is 2.33 bits per heavy atom. The van der Waals surface area contributed by atoms with Crippen LogP contribution in [-0.4, -0.2) is 44.1 Å². The van der Waals surface area contributed by atoms with Gasteiger partial charge in [-0.05, 0) is 87.7 Å². The highest BCUT2D eigenvalue weighted by molar-refractivity contribution is 6.02. The van der Waals surface area contributed by atoms with E-state index in [0.717, 1.165) is 59.8 Å². The van der Waals surface area contributed by atoms with E-state index in [1.807, 2.05) is 97.2 Å². The lowest BCUT2D eigenvalue weighted by atomic mass is 9.77. The van der Waals surface area contributed by atoms with Gasteiger partial charge in [0.25, 0.3) is 0 Å². The summed E-state index contributed by atoms with van der Waals surface area (Å²) in [4.78, 5) is 32.2. The van der Waals surface area contributed by atoms with Crippen LogP contribution in [0.1, 0.15) is 72.5 Å². The summed E-state index contributed by atoms with van der Waals surface area (Å²) in [6.07, 6.45) is 3.74. The molecule has 3 N–H and O–H groups in total. The van der Waals surface area contributed by atoms with Gasteiger partial charge in [0.1, 0.15) is 17.2 Å². The third kappa shape index (κ3) is 6.40. The van der Waals surface area contributed by atoms with Gasteiger partial charge in [-0.15, -0.1) is 0 Å². The summed E-state index contributed by atoms with van der Waals surface area (Å²) in [6, 6.07) is 23.0. The van der Waals surface area contributed by atoms with Gasteiger partial charge in [-0.25, -0.2) is 14.5 Å². The van der Waals surface area contributed by atoms with Crippen molar-refractivity contribution in [3.8, 4) is 5.69 Å². The second kappa shape index (κ2) is 12.3. The Balaban J connectivity index is 1.24. The third-order valence-electron chi connectivity index (χ3n) is 8.60. The Bertz CT molecular complexity index is 1820. The van der Waals surface area contributed by atoms with Crippen LogP contribution in [0.2, 0.25) is 0 Å². The maximum atomic E-state index is 14.3. The molecule has 1 unspecified atom stereocenters. The van der Waals surface area contributed by atoms with Crippen molar-refractivity contribution in [1.29, 1.82) is 0 Å². The average molecular weight is 604 g/mol. The van der Waals surface area contributed by atoms with Gasteiger partial charge in [0.15, 0.2) is 5.78 Å². The number of hydrogen-bond acceptors (Lipinski definition) is 5. The Morgan fingerprint density at radius 2 is 1.64 bits per heavy atom. The minimum Gasteiger partial charge on any atom is -0.317 e. The van der Waals surface area contributed by atoms with E-state index in [9.17, 15) is 9.59 Å². The molecule has 2 amide bonds. The number of benzene rings is 2. The molecule has 4 heterocycles. The molecule has 232 valence electrons. The standard InChI is InChI=1S/C36H41N7O2/c1-23-9-15-28(16-10-23)43-31(22-29(41-43)36(3,4)5)40-35(45)39-27-13-11-25(12-14-27)32(26-17-19-37-20-18-26)34(44)33-24(2)38-30-8-6-7-21-42(30)33/h6-16,21-22,26,32,37H,17-20H2,1-5H3,(H2,39,40,45). The second-order valence-corrected chi connectivity index (χ2v) is 13.0. The van der Waals surface area contributed by atoms with Crippen molar-refractivity contribution >= 4 is 29.0 Å². The number of piperidine rings is 1. The van der Waals surface area contributed by atoms with E-state index in [1.165, 1.54) is 0 Å². The van der Waals surface area contributed by atoms with E-state index in [0.29, 0.717) is 17.2 Å². The van der Waals surface area contributed by atoms with Crippen molar-refractivity contribution in [3.05, 3.63) is 107 Å². The zero-order chi connectivity index (χ0) is 31.7. The molecule has 1 saturated heterocycles. The molecule has 0 bridgehead atoms. The minimum atomic E-state index is -0.371. The van der Waals surface area contributed by atoms with Crippen LogP contribution in [0.5, 0.6) is 0 Å². The minimum absolute atomic E-state index is 0.0792. The number of nitrogens with one attached hydrogen (secondary N) is 3. The second-order valence-electron chi connectivity index (χ2n) is 13.0. The smallest absolute Gasteiger partial charge is 0.317 e. The third-order valence-corrected chi connectivity index (χ3v) is 8.60. The molecule has 5 aromatic rings. The molecule has 0 saturated carbocycles. The molecule has 1 aliphatic heterocycles. The summed E-state index contributed by atoms with van der Waals surface area (Å²) < 4.78 is 3.67. The van der Waals surface area contributed by atoms with Gasteiger partial charge in [-0.2, -0.15) is 5.10 Å². The number of anilines is 2. The van der Waals surface area contributed by atoms with E-state index < -0.39 is 0 Å². The van der Waals surface area contributed by atoms with Gasteiger partial charge in [0, 0.05) is 23.4 Å². The SMILES string of the molecule is Cc1ccc(-n2nc(C(C)(C)C)cc2NC(=O)Nc2ccc(C(C(=O)c3c(C)nc4ccccn34)C3CCNCC3)cc2)cc1. The first kappa shape index (κ1) is 30.3. The summed E-state index contributed by atoms with van der Waals surface area (Å²) in [5.74, 6) is 0.551. The molecule has 0 spiro atoms. The highest BCUT2D eigenvalue weighted by Gasteiger charge is 2.34. The Morgan fingerprint density at radius 1 is 0.933 bits per heavy atom. The zero-order valence-electron chi connectivity index (χ0n) is 26.6. The number of hydrogen-bond donors (Lipinski definition) is 3. The fourth-order valence-electron chi connectivity index (χ4n) is 6.14. The molecule has 2 aromatic carbocycles. The largest absolute Gasteiger partial charge is 0.324 e. The van der Waals surface area contributed by atoms with Crippen LogP contribution >= 0.6 is 0 Å². The summed E-state index contributed by atoms with van der Waals surface area (Å²) in [7, 11) is 0. The highest BCUT2D eigenvalue weighted by atomic mass is 16.2. The fraction of sp³-hybridized carbons (Fsp3) is 0.333. The first-order chi connectivity index (χ1) is 21.6. The van der Waals surface area contributed by atoms with Gasteiger partial charge in [-0.1, -0.05) is 56.7 Å². The van der Waals surface area contributed by atoms with Crippen molar-refractivity contribution in [2.45, 2.75) is 58.8 Å². The predicted molar refractivity (Wildman–Crippen MR) is 179 cm³/mol. The molecule has 6 rings (SSSR count). The first-order valence-corrected chi connectivity index (χ1v) is 15.6. The van der Waals surface area contributed by atoms with Crippen LogP contribution < -0.4 is 16.0 Å². The Hall–Kier alpha value is -4.76. The van der Waals surface area contributed by atoms with Crippen LogP contribution in [0.3, 0.4) is 0 Å². The average Bonchev–Trinajstić information content (AvgIpc) is 3.59. The normalized spacial score (nSPS) is 14.8. The molecule has 3 aromatic heterocycles. The molecule has 1 atom stereocenters. The summed E-state index contributed by atoms with van der Waals surface area (Å²) >= 11 is 0. The van der Waals surface area contributed by atoms with Crippen LogP contribution in [0.15, 0.2) is 79.0 Å². The number of imidazole rings is 1. The number of carbonyl (C=O) groups is 2. The number of aryl methyl sites for hydroxylation is 2. The number of aromatic nitrogens is 4. The number of rotatable bonds is 7. The lowest BCUT2D eigenvalue weighted by Crippen LogP contribution is -2.34. The van der Waals surface area contributed by atoms with Gasteiger partial charge in [0.2, 0.25) is 0 Å². The molecular formula is C36H41N7O2. The molecule has 0 aliphatic carbocycles. The van der Waals surface area contributed by atoms with Crippen molar-refractivity contribution in [2.75, 3.05) is 23.7 Å². The highest BCUT2D eigenvalue weighted by Crippen LogP contribution is 2.36. The number of fused-ring (bicyclic) bond motifs is 1. The lowest BCUT2D eigenvalue weighted by molar-refractivity contribution is 0.0909. The number of pyridine rings is 1. The molecule has 1 fully saturated rings. The Labute approximate surface area is 264 Å². The van der Waals surface area contributed by atoms with Gasteiger partial charge in [0.05, 0.1) is 23.0 Å². The van der Waals surface area contributed by atoms with Crippen LogP contribution in [-0.2, 0) is 5.41 Å². The van der Waals surface area contributed by atoms with E-state index >= 15 is 0 Å². The van der Waals surface area contributed by atoms with E-state index in [2.05, 4.69) is 41.7 Å². The van der Waals surface area contributed by atoms with Crippen molar-refractivity contribution in [3.63, 3.8) is 0 Å². The fourth-order valence-corrected chi connectivity index (χ4v) is 6.14. The summed E-state index contributed by atoms with van der Waals surface area (Å²) in [5.41, 5.74) is 6.41. The molecule has 9 nitrogen and oxygen atoms in total. The zero-order valence-corrected chi connectivity index (χ0v) is 26.6. The van der Waals surface area contributed by atoms with Crippen LogP contribution in [0, 0.1) is 19.8 Å². The maximum Gasteiger partial charge on any atom is 0.324 e.